The second-order valence-electron chi connectivity index (χ2n) is 6.67. The van der Waals surface area contributed by atoms with Gasteiger partial charge in [-0.1, -0.05) is 36.4 Å². The summed E-state index contributed by atoms with van der Waals surface area (Å²) in [7, 11) is -3.04. The predicted octanol–water partition coefficient (Wildman–Crippen LogP) is 5.05. The van der Waals surface area contributed by atoms with Crippen LogP contribution in [0.25, 0.3) is 11.1 Å². The largest absolute Gasteiger partial charge is 0.495 e. The summed E-state index contributed by atoms with van der Waals surface area (Å²) in [5.41, 5.74) is -0.461. The zero-order valence-electron chi connectivity index (χ0n) is 16.2. The van der Waals surface area contributed by atoms with Crippen molar-refractivity contribution in [3.8, 4) is 16.9 Å². The lowest BCUT2D eigenvalue weighted by atomic mass is 9.98. The Morgan fingerprint density at radius 3 is 2.26 bits per heavy atom. The standard InChI is InChI=1S/C22H17F3O5S/c1-30-19-10-7-15(21(26)27)12-20(19)31(28,29)13-16-11-17(22(23,24)25)8-9-18(16)14-5-3-2-4-6-14/h2-12H,13H2,1H3,(H,26,27). The number of rotatable bonds is 6. The molecule has 3 aromatic rings. The molecule has 0 atom stereocenters. The lowest BCUT2D eigenvalue weighted by Gasteiger charge is -2.16. The summed E-state index contributed by atoms with van der Waals surface area (Å²) in [5, 5.41) is 9.19. The maximum Gasteiger partial charge on any atom is 0.416 e. The van der Waals surface area contributed by atoms with Gasteiger partial charge in [-0.2, -0.15) is 13.2 Å². The van der Waals surface area contributed by atoms with Crippen LogP contribution in [-0.2, 0) is 21.8 Å². The van der Waals surface area contributed by atoms with Crippen molar-refractivity contribution in [1.29, 1.82) is 0 Å². The van der Waals surface area contributed by atoms with Crippen LogP contribution in [0.2, 0.25) is 0 Å². The number of carboxylic acid groups (broad SMARTS) is 1. The highest BCUT2D eigenvalue weighted by Gasteiger charge is 2.32. The number of carboxylic acids is 1. The highest BCUT2D eigenvalue weighted by Crippen LogP contribution is 2.36. The quantitative estimate of drug-likeness (QED) is 0.568. The summed E-state index contributed by atoms with van der Waals surface area (Å²) < 4.78 is 71.2. The Balaban J connectivity index is 2.17. The molecule has 0 spiro atoms. The highest BCUT2D eigenvalue weighted by molar-refractivity contribution is 7.90. The summed E-state index contributed by atoms with van der Waals surface area (Å²) in [4.78, 5) is 10.9. The fraction of sp³-hybridized carbons (Fsp3) is 0.136. The van der Waals surface area contributed by atoms with Crippen molar-refractivity contribution in [2.45, 2.75) is 16.8 Å². The number of methoxy groups -OCH3 is 1. The van der Waals surface area contributed by atoms with Crippen LogP contribution < -0.4 is 4.74 Å². The normalized spacial score (nSPS) is 11.9. The van der Waals surface area contributed by atoms with Crippen LogP contribution in [0.1, 0.15) is 21.5 Å². The average Bonchev–Trinajstić information content (AvgIpc) is 2.73. The first-order chi connectivity index (χ1) is 14.5. The van der Waals surface area contributed by atoms with Gasteiger partial charge >= 0.3 is 12.1 Å². The minimum Gasteiger partial charge on any atom is -0.495 e. The second kappa shape index (κ2) is 8.43. The topological polar surface area (TPSA) is 80.7 Å². The van der Waals surface area contributed by atoms with E-state index in [9.17, 15) is 31.5 Å². The van der Waals surface area contributed by atoms with Gasteiger partial charge in [-0.3, -0.25) is 0 Å². The number of carbonyl (C=O) groups is 1. The molecule has 0 aliphatic heterocycles. The third-order valence-electron chi connectivity index (χ3n) is 4.61. The van der Waals surface area contributed by atoms with Crippen LogP contribution in [0.4, 0.5) is 13.2 Å². The van der Waals surface area contributed by atoms with E-state index in [0.29, 0.717) is 11.1 Å². The van der Waals surface area contributed by atoms with Gasteiger partial charge in [0.25, 0.3) is 0 Å². The van der Waals surface area contributed by atoms with E-state index in [2.05, 4.69) is 0 Å². The number of benzene rings is 3. The maximum atomic E-state index is 13.3. The molecule has 0 saturated heterocycles. The van der Waals surface area contributed by atoms with E-state index in [4.69, 9.17) is 4.74 Å². The fourth-order valence-corrected chi connectivity index (χ4v) is 4.69. The molecule has 5 nitrogen and oxygen atoms in total. The Bertz CT molecular complexity index is 1220. The van der Waals surface area contributed by atoms with E-state index >= 15 is 0 Å². The molecule has 31 heavy (non-hydrogen) atoms. The Kier molecular flexibility index (Phi) is 6.08. The molecule has 0 fully saturated rings. The zero-order chi connectivity index (χ0) is 22.8. The number of sulfone groups is 1. The second-order valence-corrected chi connectivity index (χ2v) is 8.62. The van der Waals surface area contributed by atoms with Gasteiger partial charge in [-0.05, 0) is 47.0 Å². The van der Waals surface area contributed by atoms with Gasteiger partial charge in [0.2, 0.25) is 0 Å². The average molecular weight is 450 g/mol. The SMILES string of the molecule is COc1ccc(C(=O)O)cc1S(=O)(=O)Cc1cc(C(F)(F)F)ccc1-c1ccccc1. The van der Waals surface area contributed by atoms with Gasteiger partial charge in [-0.15, -0.1) is 0 Å². The Hall–Kier alpha value is -3.33. The number of alkyl halides is 3. The smallest absolute Gasteiger partial charge is 0.416 e. The Morgan fingerprint density at radius 1 is 1.00 bits per heavy atom. The monoisotopic (exact) mass is 450 g/mol. The minimum atomic E-state index is -4.66. The number of hydrogen-bond acceptors (Lipinski definition) is 4. The van der Waals surface area contributed by atoms with Crippen molar-refractivity contribution in [1.82, 2.24) is 0 Å². The molecule has 0 aromatic heterocycles. The van der Waals surface area contributed by atoms with Crippen molar-refractivity contribution < 1.29 is 36.2 Å². The van der Waals surface area contributed by atoms with Gasteiger partial charge in [0, 0.05) is 0 Å². The molecule has 0 unspecified atom stereocenters. The van der Waals surface area contributed by atoms with Gasteiger partial charge in [0.05, 0.1) is 24.0 Å². The van der Waals surface area contributed by atoms with E-state index in [1.807, 2.05) is 0 Å². The summed E-state index contributed by atoms with van der Waals surface area (Å²) in [5.74, 6) is -2.22. The summed E-state index contributed by atoms with van der Waals surface area (Å²) in [6.45, 7) is 0. The molecule has 3 rings (SSSR count). The first kappa shape index (κ1) is 22.4. The van der Waals surface area contributed by atoms with Crippen LogP contribution in [-0.4, -0.2) is 26.6 Å². The van der Waals surface area contributed by atoms with E-state index in [-0.39, 0.29) is 16.9 Å². The van der Waals surface area contributed by atoms with Crippen molar-refractivity contribution in [3.05, 3.63) is 83.4 Å². The molecular weight excluding hydrogens is 433 g/mol. The molecule has 1 N–H and O–H groups in total. The summed E-state index contributed by atoms with van der Waals surface area (Å²) in [6.07, 6.45) is -4.66. The van der Waals surface area contributed by atoms with Gasteiger partial charge in [0.15, 0.2) is 9.84 Å². The van der Waals surface area contributed by atoms with Gasteiger partial charge in [0.1, 0.15) is 10.6 Å². The van der Waals surface area contributed by atoms with E-state index in [1.165, 1.54) is 25.3 Å². The number of ether oxygens (including phenoxy) is 1. The Morgan fingerprint density at radius 2 is 1.68 bits per heavy atom. The summed E-state index contributed by atoms with van der Waals surface area (Å²) >= 11 is 0. The van der Waals surface area contributed by atoms with E-state index in [1.54, 1.807) is 30.3 Å². The minimum absolute atomic E-state index is 0.0659. The first-order valence-electron chi connectivity index (χ1n) is 8.92. The zero-order valence-corrected chi connectivity index (χ0v) is 17.0. The molecule has 0 heterocycles. The van der Waals surface area contributed by atoms with E-state index < -0.39 is 38.2 Å². The number of halogens is 3. The van der Waals surface area contributed by atoms with Crippen LogP contribution >= 0.6 is 0 Å². The molecule has 0 amide bonds. The molecule has 0 aliphatic rings. The van der Waals surface area contributed by atoms with Crippen molar-refractivity contribution >= 4 is 15.8 Å². The Labute approximate surface area is 176 Å². The lowest BCUT2D eigenvalue weighted by molar-refractivity contribution is -0.137. The van der Waals surface area contributed by atoms with Crippen molar-refractivity contribution in [3.63, 3.8) is 0 Å². The van der Waals surface area contributed by atoms with Crippen LogP contribution in [0.3, 0.4) is 0 Å². The molecule has 0 aliphatic carbocycles. The molecule has 3 aromatic carbocycles. The highest BCUT2D eigenvalue weighted by atomic mass is 32.2. The molecular formula is C22H17F3O5S. The van der Waals surface area contributed by atoms with E-state index in [0.717, 1.165) is 18.2 Å². The molecule has 0 saturated carbocycles. The molecule has 0 bridgehead atoms. The van der Waals surface area contributed by atoms with Crippen LogP contribution in [0.15, 0.2) is 71.6 Å². The number of aromatic carboxylic acids is 1. The van der Waals surface area contributed by atoms with Crippen molar-refractivity contribution in [2.24, 2.45) is 0 Å². The third kappa shape index (κ3) is 4.88. The van der Waals surface area contributed by atoms with Crippen LogP contribution in [0.5, 0.6) is 5.75 Å². The predicted molar refractivity (Wildman–Crippen MR) is 108 cm³/mol. The van der Waals surface area contributed by atoms with Crippen molar-refractivity contribution in [2.75, 3.05) is 7.11 Å². The van der Waals surface area contributed by atoms with Gasteiger partial charge < -0.3 is 9.84 Å². The first-order valence-corrected chi connectivity index (χ1v) is 10.6. The number of hydrogen-bond donors (Lipinski definition) is 1. The lowest BCUT2D eigenvalue weighted by Crippen LogP contribution is -2.11. The summed E-state index contributed by atoms with van der Waals surface area (Å²) in [6, 6.07) is 14.6. The molecule has 9 heteroatoms. The maximum absolute atomic E-state index is 13.3. The third-order valence-corrected chi connectivity index (χ3v) is 6.29. The fourth-order valence-electron chi connectivity index (χ4n) is 3.12. The van der Waals surface area contributed by atoms with Gasteiger partial charge in [-0.25, -0.2) is 13.2 Å². The molecule has 0 radical (unpaired) electrons. The van der Waals surface area contributed by atoms with Crippen LogP contribution in [0, 0.1) is 0 Å². The molecule has 162 valence electrons.